The molecule has 1 unspecified atom stereocenters. The lowest BCUT2D eigenvalue weighted by Gasteiger charge is -2.23. The zero-order valence-electron chi connectivity index (χ0n) is 13.3. The second-order valence-corrected chi connectivity index (χ2v) is 5.51. The minimum absolute atomic E-state index is 0.292. The van der Waals surface area contributed by atoms with Crippen LogP contribution in [0.2, 0.25) is 0 Å². The van der Waals surface area contributed by atoms with Crippen LogP contribution in [0.1, 0.15) is 16.8 Å². The SMILES string of the molecule is COc1ccccc1C(=O)NC(CCSC)C(=O)N(C)OC. The topological polar surface area (TPSA) is 67.9 Å². The van der Waals surface area contributed by atoms with Crippen LogP contribution in [0.3, 0.4) is 0 Å². The molecule has 0 aliphatic carbocycles. The Balaban J connectivity index is 2.88. The molecule has 2 amide bonds. The summed E-state index contributed by atoms with van der Waals surface area (Å²) in [6.45, 7) is 0. The third-order valence-corrected chi connectivity index (χ3v) is 3.79. The quantitative estimate of drug-likeness (QED) is 0.735. The number of benzene rings is 1. The highest BCUT2D eigenvalue weighted by molar-refractivity contribution is 7.98. The highest BCUT2D eigenvalue weighted by Crippen LogP contribution is 2.17. The van der Waals surface area contributed by atoms with Gasteiger partial charge in [0.15, 0.2) is 0 Å². The van der Waals surface area contributed by atoms with Gasteiger partial charge in [-0.05, 0) is 30.6 Å². The van der Waals surface area contributed by atoms with Gasteiger partial charge in [-0.3, -0.25) is 14.4 Å². The van der Waals surface area contributed by atoms with Crippen LogP contribution in [0.5, 0.6) is 5.75 Å². The van der Waals surface area contributed by atoms with Crippen LogP contribution in [-0.2, 0) is 9.63 Å². The number of likely N-dealkylation sites (N-methyl/N-ethyl adjacent to an activating group) is 1. The van der Waals surface area contributed by atoms with Gasteiger partial charge in [-0.2, -0.15) is 11.8 Å². The van der Waals surface area contributed by atoms with Gasteiger partial charge in [0, 0.05) is 7.05 Å². The van der Waals surface area contributed by atoms with E-state index in [-0.39, 0.29) is 11.8 Å². The number of methoxy groups -OCH3 is 1. The van der Waals surface area contributed by atoms with Gasteiger partial charge in [0.2, 0.25) is 0 Å². The number of hydrogen-bond acceptors (Lipinski definition) is 5. The molecule has 0 bridgehead atoms. The van der Waals surface area contributed by atoms with Gasteiger partial charge in [-0.1, -0.05) is 12.1 Å². The fourth-order valence-electron chi connectivity index (χ4n) is 1.87. The minimum atomic E-state index is -0.644. The number of carbonyl (C=O) groups is 2. The average Bonchev–Trinajstić information content (AvgIpc) is 2.56. The average molecular weight is 326 g/mol. The second kappa shape index (κ2) is 9.32. The van der Waals surface area contributed by atoms with E-state index in [2.05, 4.69) is 5.32 Å². The number of nitrogens with zero attached hydrogens (tertiary/aromatic N) is 1. The number of rotatable bonds is 8. The van der Waals surface area contributed by atoms with Crippen molar-refractivity contribution in [1.82, 2.24) is 10.4 Å². The number of hydroxylamine groups is 2. The molecule has 1 aromatic carbocycles. The van der Waals surface area contributed by atoms with Gasteiger partial charge < -0.3 is 10.1 Å². The lowest BCUT2D eigenvalue weighted by molar-refractivity contribution is -0.170. The van der Waals surface area contributed by atoms with Crippen LogP contribution in [0.25, 0.3) is 0 Å². The Morgan fingerprint density at radius 2 is 2.00 bits per heavy atom. The molecule has 0 saturated carbocycles. The van der Waals surface area contributed by atoms with Crippen LogP contribution in [0.15, 0.2) is 24.3 Å². The number of carbonyl (C=O) groups excluding carboxylic acids is 2. The number of amides is 2. The van der Waals surface area contributed by atoms with Crippen molar-refractivity contribution >= 4 is 23.6 Å². The van der Waals surface area contributed by atoms with Crippen molar-refractivity contribution in [3.63, 3.8) is 0 Å². The number of ether oxygens (including phenoxy) is 1. The first kappa shape index (κ1) is 18.3. The van der Waals surface area contributed by atoms with Crippen molar-refractivity contribution in [2.24, 2.45) is 0 Å². The summed E-state index contributed by atoms with van der Waals surface area (Å²) in [7, 11) is 4.43. The van der Waals surface area contributed by atoms with E-state index in [1.807, 2.05) is 6.26 Å². The lowest BCUT2D eigenvalue weighted by Crippen LogP contribution is -2.47. The number of para-hydroxylation sites is 1. The van der Waals surface area contributed by atoms with E-state index in [0.29, 0.717) is 17.7 Å². The first-order chi connectivity index (χ1) is 10.5. The molecule has 0 aromatic heterocycles. The van der Waals surface area contributed by atoms with Gasteiger partial charge in [0.05, 0.1) is 19.8 Å². The van der Waals surface area contributed by atoms with Crippen molar-refractivity contribution in [2.45, 2.75) is 12.5 Å². The van der Waals surface area contributed by atoms with Gasteiger partial charge >= 0.3 is 0 Å². The molecule has 7 heteroatoms. The number of hydrogen-bond donors (Lipinski definition) is 1. The smallest absolute Gasteiger partial charge is 0.268 e. The minimum Gasteiger partial charge on any atom is -0.496 e. The predicted molar refractivity (Wildman–Crippen MR) is 87.0 cm³/mol. The molecule has 22 heavy (non-hydrogen) atoms. The largest absolute Gasteiger partial charge is 0.496 e. The monoisotopic (exact) mass is 326 g/mol. The summed E-state index contributed by atoms with van der Waals surface area (Å²) >= 11 is 1.61. The summed E-state index contributed by atoms with van der Waals surface area (Å²) in [5.74, 6) is 0.581. The third-order valence-electron chi connectivity index (χ3n) is 3.15. The zero-order chi connectivity index (χ0) is 16.5. The van der Waals surface area contributed by atoms with E-state index < -0.39 is 6.04 Å². The molecule has 122 valence electrons. The van der Waals surface area contributed by atoms with Gasteiger partial charge in [0.1, 0.15) is 11.8 Å². The van der Waals surface area contributed by atoms with Crippen LogP contribution in [-0.4, -0.2) is 56.2 Å². The van der Waals surface area contributed by atoms with Crippen molar-refractivity contribution in [3.05, 3.63) is 29.8 Å². The Morgan fingerprint density at radius 3 is 2.59 bits per heavy atom. The first-order valence-electron chi connectivity index (χ1n) is 6.79. The Kier molecular flexibility index (Phi) is 7.76. The van der Waals surface area contributed by atoms with E-state index in [1.165, 1.54) is 21.3 Å². The molecule has 0 fully saturated rings. The summed E-state index contributed by atoms with van der Waals surface area (Å²) in [5, 5.41) is 3.87. The summed E-state index contributed by atoms with van der Waals surface area (Å²) in [5.41, 5.74) is 0.395. The highest BCUT2D eigenvalue weighted by atomic mass is 32.2. The molecule has 0 heterocycles. The highest BCUT2D eigenvalue weighted by Gasteiger charge is 2.25. The Labute approximate surface area is 135 Å². The molecule has 1 N–H and O–H groups in total. The lowest BCUT2D eigenvalue weighted by atomic mass is 10.1. The maximum atomic E-state index is 12.4. The van der Waals surface area contributed by atoms with E-state index >= 15 is 0 Å². The molecule has 0 spiro atoms. The Morgan fingerprint density at radius 1 is 1.32 bits per heavy atom. The van der Waals surface area contributed by atoms with Crippen LogP contribution < -0.4 is 10.1 Å². The van der Waals surface area contributed by atoms with E-state index in [0.717, 1.165) is 10.8 Å². The number of thioether (sulfide) groups is 1. The summed E-state index contributed by atoms with van der Waals surface area (Å²) in [6.07, 6.45) is 2.47. The van der Waals surface area contributed by atoms with E-state index in [1.54, 1.807) is 36.0 Å². The summed E-state index contributed by atoms with van der Waals surface area (Å²) in [4.78, 5) is 29.6. The van der Waals surface area contributed by atoms with E-state index in [4.69, 9.17) is 9.57 Å². The second-order valence-electron chi connectivity index (χ2n) is 4.53. The van der Waals surface area contributed by atoms with Crippen molar-refractivity contribution in [3.8, 4) is 5.75 Å². The summed E-state index contributed by atoms with van der Waals surface area (Å²) in [6, 6.07) is 6.25. The van der Waals surface area contributed by atoms with Crippen molar-refractivity contribution < 1.29 is 19.2 Å². The van der Waals surface area contributed by atoms with Crippen LogP contribution in [0.4, 0.5) is 0 Å². The zero-order valence-corrected chi connectivity index (χ0v) is 14.1. The normalized spacial score (nSPS) is 11.6. The Hall–Kier alpha value is -1.73. The van der Waals surface area contributed by atoms with Gasteiger partial charge in [-0.25, -0.2) is 5.06 Å². The third kappa shape index (κ3) is 4.92. The van der Waals surface area contributed by atoms with Crippen LogP contribution >= 0.6 is 11.8 Å². The summed E-state index contributed by atoms with van der Waals surface area (Å²) < 4.78 is 5.17. The molecule has 1 atom stereocenters. The predicted octanol–water partition coefficient (Wildman–Crippen LogP) is 1.57. The maximum absolute atomic E-state index is 12.4. The molecule has 6 nitrogen and oxygen atoms in total. The maximum Gasteiger partial charge on any atom is 0.268 e. The fraction of sp³-hybridized carbons (Fsp3) is 0.467. The molecule has 0 saturated heterocycles. The molecule has 0 aliphatic rings. The van der Waals surface area contributed by atoms with Gasteiger partial charge in [-0.15, -0.1) is 0 Å². The van der Waals surface area contributed by atoms with Crippen molar-refractivity contribution in [2.75, 3.05) is 33.3 Å². The molecule has 0 aliphatic heterocycles. The molecule has 1 aromatic rings. The molecular formula is C15H22N2O4S. The van der Waals surface area contributed by atoms with Crippen LogP contribution in [0, 0.1) is 0 Å². The number of nitrogens with one attached hydrogen (secondary N) is 1. The van der Waals surface area contributed by atoms with E-state index in [9.17, 15) is 9.59 Å². The molecular weight excluding hydrogens is 304 g/mol. The molecule has 1 rings (SSSR count). The fourth-order valence-corrected chi connectivity index (χ4v) is 2.34. The standard InChI is InChI=1S/C15H22N2O4S/c1-17(21-3)15(19)12(9-10-22-4)16-14(18)11-7-5-6-8-13(11)20-2/h5-8,12H,9-10H2,1-4H3,(H,16,18). The molecule has 0 radical (unpaired) electrons. The first-order valence-corrected chi connectivity index (χ1v) is 8.19. The van der Waals surface area contributed by atoms with Gasteiger partial charge in [0.25, 0.3) is 11.8 Å². The van der Waals surface area contributed by atoms with Crippen molar-refractivity contribution in [1.29, 1.82) is 0 Å². The Bertz CT molecular complexity index is 510.